The van der Waals surface area contributed by atoms with Crippen LogP contribution < -0.4 is 0 Å². The fourth-order valence-corrected chi connectivity index (χ4v) is 2.26. The van der Waals surface area contributed by atoms with Gasteiger partial charge in [0.25, 0.3) is 0 Å². The molecule has 1 saturated heterocycles. The molecule has 0 spiro atoms. The van der Waals surface area contributed by atoms with Gasteiger partial charge in [-0.25, -0.2) is 0 Å². The van der Waals surface area contributed by atoms with E-state index in [2.05, 4.69) is 0 Å². The van der Waals surface area contributed by atoms with E-state index >= 15 is 0 Å². The standard InChI is InChI=1S/C15H19NO2/c1-15(18)11-16(2)13(10-14(15)17)9-8-12-6-4-3-5-7-12/h3-9,13,18H,10-11H2,1-2H3. The van der Waals surface area contributed by atoms with Crippen molar-refractivity contribution in [2.24, 2.45) is 0 Å². The van der Waals surface area contributed by atoms with Crippen molar-refractivity contribution in [2.45, 2.75) is 25.0 Å². The molecule has 1 fully saturated rings. The molecule has 0 radical (unpaired) electrons. The largest absolute Gasteiger partial charge is 0.381 e. The van der Waals surface area contributed by atoms with Gasteiger partial charge in [-0.15, -0.1) is 0 Å². The highest BCUT2D eigenvalue weighted by Crippen LogP contribution is 2.22. The summed E-state index contributed by atoms with van der Waals surface area (Å²) in [4.78, 5) is 13.8. The molecule has 1 aliphatic rings. The van der Waals surface area contributed by atoms with Gasteiger partial charge in [0.15, 0.2) is 5.78 Å². The lowest BCUT2D eigenvalue weighted by Crippen LogP contribution is -2.54. The van der Waals surface area contributed by atoms with E-state index in [1.54, 1.807) is 6.92 Å². The summed E-state index contributed by atoms with van der Waals surface area (Å²) >= 11 is 0. The number of nitrogens with zero attached hydrogens (tertiary/aromatic N) is 1. The number of carbonyl (C=O) groups excluding carboxylic acids is 1. The number of aliphatic hydroxyl groups is 1. The Labute approximate surface area is 108 Å². The van der Waals surface area contributed by atoms with Crippen LogP contribution in [-0.2, 0) is 4.79 Å². The summed E-state index contributed by atoms with van der Waals surface area (Å²) in [5.41, 5.74) is -0.0815. The lowest BCUT2D eigenvalue weighted by Gasteiger charge is -2.38. The minimum absolute atomic E-state index is 0.0675. The first-order valence-electron chi connectivity index (χ1n) is 6.18. The minimum Gasteiger partial charge on any atom is -0.381 e. The fourth-order valence-electron chi connectivity index (χ4n) is 2.26. The molecule has 0 aromatic heterocycles. The summed E-state index contributed by atoms with van der Waals surface area (Å²) in [5.74, 6) is -0.0803. The third-order valence-electron chi connectivity index (χ3n) is 3.43. The van der Waals surface area contributed by atoms with Gasteiger partial charge in [-0.1, -0.05) is 42.5 Å². The molecule has 1 aromatic carbocycles. The van der Waals surface area contributed by atoms with Gasteiger partial charge in [0.1, 0.15) is 5.60 Å². The summed E-state index contributed by atoms with van der Waals surface area (Å²) < 4.78 is 0. The number of ketones is 1. The third kappa shape index (κ3) is 2.86. The number of carbonyl (C=O) groups is 1. The third-order valence-corrected chi connectivity index (χ3v) is 3.43. The number of likely N-dealkylation sites (N-methyl/N-ethyl adjacent to an activating group) is 1. The monoisotopic (exact) mass is 245 g/mol. The van der Waals surface area contributed by atoms with Crippen molar-refractivity contribution in [1.82, 2.24) is 4.90 Å². The van der Waals surface area contributed by atoms with Gasteiger partial charge in [-0.05, 0) is 19.5 Å². The summed E-state index contributed by atoms with van der Waals surface area (Å²) in [6, 6.07) is 10.1. The van der Waals surface area contributed by atoms with Gasteiger partial charge in [0.05, 0.1) is 0 Å². The first kappa shape index (κ1) is 13.0. The van der Waals surface area contributed by atoms with E-state index in [0.717, 1.165) is 5.56 Å². The Hall–Kier alpha value is -1.45. The van der Waals surface area contributed by atoms with E-state index < -0.39 is 5.60 Å². The number of piperidine rings is 1. The molecular formula is C15H19NO2. The molecule has 2 unspecified atom stereocenters. The zero-order chi connectivity index (χ0) is 13.2. The smallest absolute Gasteiger partial charge is 0.167 e. The topological polar surface area (TPSA) is 40.5 Å². The van der Waals surface area contributed by atoms with Crippen LogP contribution in [0.1, 0.15) is 18.9 Å². The molecule has 2 rings (SSSR count). The van der Waals surface area contributed by atoms with E-state index in [1.807, 2.05) is 54.4 Å². The highest BCUT2D eigenvalue weighted by Gasteiger charge is 2.38. The van der Waals surface area contributed by atoms with Gasteiger partial charge in [-0.3, -0.25) is 9.69 Å². The predicted molar refractivity (Wildman–Crippen MR) is 72.1 cm³/mol. The minimum atomic E-state index is -1.20. The number of Topliss-reactive ketones (excluding diaryl/α,β-unsaturated/α-hetero) is 1. The maximum atomic E-state index is 11.8. The molecule has 18 heavy (non-hydrogen) atoms. The zero-order valence-electron chi connectivity index (χ0n) is 10.8. The summed E-state index contributed by atoms with van der Waals surface area (Å²) in [6.07, 6.45) is 4.42. The SMILES string of the molecule is CN1CC(C)(O)C(=O)CC1C=Cc1ccccc1. The molecule has 2 atom stereocenters. The first-order chi connectivity index (χ1) is 8.49. The van der Waals surface area contributed by atoms with Crippen molar-refractivity contribution < 1.29 is 9.90 Å². The Balaban J connectivity index is 2.07. The van der Waals surface area contributed by atoms with Crippen LogP contribution in [0, 0.1) is 0 Å². The van der Waals surface area contributed by atoms with Gasteiger partial charge in [0, 0.05) is 19.0 Å². The molecule has 0 saturated carbocycles. The van der Waals surface area contributed by atoms with Crippen LogP contribution in [0.2, 0.25) is 0 Å². The second-order valence-electron chi connectivity index (χ2n) is 5.15. The maximum Gasteiger partial charge on any atom is 0.167 e. The van der Waals surface area contributed by atoms with Crippen LogP contribution in [0.15, 0.2) is 36.4 Å². The van der Waals surface area contributed by atoms with Gasteiger partial charge < -0.3 is 5.11 Å². The number of rotatable bonds is 2. The first-order valence-corrected chi connectivity index (χ1v) is 6.18. The zero-order valence-corrected chi connectivity index (χ0v) is 10.8. The normalized spacial score (nSPS) is 29.9. The fraction of sp³-hybridized carbons (Fsp3) is 0.400. The van der Waals surface area contributed by atoms with E-state index in [4.69, 9.17) is 0 Å². The Morgan fingerprint density at radius 3 is 2.72 bits per heavy atom. The van der Waals surface area contributed by atoms with Crippen LogP contribution in [0.25, 0.3) is 6.08 Å². The molecule has 3 heteroatoms. The van der Waals surface area contributed by atoms with Gasteiger partial charge >= 0.3 is 0 Å². The van der Waals surface area contributed by atoms with Crippen molar-refractivity contribution in [2.75, 3.05) is 13.6 Å². The Bertz CT molecular complexity index is 451. The van der Waals surface area contributed by atoms with Crippen LogP contribution in [0.3, 0.4) is 0 Å². The summed E-state index contributed by atoms with van der Waals surface area (Å²) in [5, 5.41) is 9.90. The summed E-state index contributed by atoms with van der Waals surface area (Å²) in [6.45, 7) is 1.97. The summed E-state index contributed by atoms with van der Waals surface area (Å²) in [7, 11) is 1.93. The number of benzene rings is 1. The molecule has 1 N–H and O–H groups in total. The molecule has 1 aliphatic heterocycles. The molecule has 0 amide bonds. The van der Waals surface area contributed by atoms with E-state index in [9.17, 15) is 9.90 Å². The highest BCUT2D eigenvalue weighted by molar-refractivity contribution is 5.88. The van der Waals surface area contributed by atoms with Crippen LogP contribution in [0.4, 0.5) is 0 Å². The lowest BCUT2D eigenvalue weighted by atomic mass is 9.89. The van der Waals surface area contributed by atoms with Crippen molar-refractivity contribution in [1.29, 1.82) is 0 Å². The van der Waals surface area contributed by atoms with Crippen molar-refractivity contribution in [3.8, 4) is 0 Å². The molecule has 0 bridgehead atoms. The number of likely N-dealkylation sites (tertiary alicyclic amines) is 1. The second-order valence-corrected chi connectivity index (χ2v) is 5.15. The van der Waals surface area contributed by atoms with Crippen LogP contribution in [-0.4, -0.2) is 41.0 Å². The predicted octanol–water partition coefficient (Wildman–Crippen LogP) is 1.72. The maximum absolute atomic E-state index is 11.8. The molecule has 1 heterocycles. The lowest BCUT2D eigenvalue weighted by molar-refractivity contribution is -0.143. The van der Waals surface area contributed by atoms with Crippen LogP contribution >= 0.6 is 0 Å². The molecule has 3 nitrogen and oxygen atoms in total. The Kier molecular flexibility index (Phi) is 3.64. The molecule has 0 aliphatic carbocycles. The number of β-amino-alcohol motifs (C(OH)–C–C–N with tert-alkyl or cyclic N) is 1. The molecular weight excluding hydrogens is 226 g/mol. The van der Waals surface area contributed by atoms with E-state index in [1.165, 1.54) is 0 Å². The van der Waals surface area contributed by atoms with Gasteiger partial charge in [-0.2, -0.15) is 0 Å². The van der Waals surface area contributed by atoms with E-state index in [0.29, 0.717) is 13.0 Å². The average Bonchev–Trinajstić information content (AvgIpc) is 2.33. The highest BCUT2D eigenvalue weighted by atomic mass is 16.3. The van der Waals surface area contributed by atoms with Crippen molar-refractivity contribution in [3.63, 3.8) is 0 Å². The molecule has 1 aromatic rings. The van der Waals surface area contributed by atoms with Crippen molar-refractivity contribution in [3.05, 3.63) is 42.0 Å². The molecule has 96 valence electrons. The Morgan fingerprint density at radius 2 is 2.06 bits per heavy atom. The average molecular weight is 245 g/mol. The second kappa shape index (κ2) is 5.04. The number of hydrogen-bond acceptors (Lipinski definition) is 3. The quantitative estimate of drug-likeness (QED) is 0.862. The van der Waals surface area contributed by atoms with E-state index in [-0.39, 0.29) is 11.8 Å². The number of hydrogen-bond donors (Lipinski definition) is 1. The van der Waals surface area contributed by atoms with Crippen LogP contribution in [0.5, 0.6) is 0 Å². The van der Waals surface area contributed by atoms with Crippen molar-refractivity contribution >= 4 is 11.9 Å². The van der Waals surface area contributed by atoms with Gasteiger partial charge in [0.2, 0.25) is 0 Å². The Morgan fingerprint density at radius 1 is 1.39 bits per heavy atom.